The lowest BCUT2D eigenvalue weighted by Crippen LogP contribution is -2.39. The molecule has 80 valence electrons. The standard InChI is InChI=1S/C12H16N2O/c1-13-9-11(15)14-12(7-8-12)10-5-3-2-4-6-10/h2-6,13H,7-9H2,1H3,(H,14,15). The van der Waals surface area contributed by atoms with Gasteiger partial charge in [0.05, 0.1) is 12.1 Å². The minimum Gasteiger partial charge on any atom is -0.345 e. The molecule has 0 radical (unpaired) electrons. The minimum atomic E-state index is -0.0742. The Kier molecular flexibility index (Phi) is 2.73. The summed E-state index contributed by atoms with van der Waals surface area (Å²) in [5.41, 5.74) is 1.14. The summed E-state index contributed by atoms with van der Waals surface area (Å²) in [7, 11) is 1.78. The molecule has 0 spiro atoms. The number of benzene rings is 1. The van der Waals surface area contributed by atoms with Gasteiger partial charge in [-0.1, -0.05) is 30.3 Å². The summed E-state index contributed by atoms with van der Waals surface area (Å²) in [4.78, 5) is 11.5. The Hall–Kier alpha value is -1.35. The average molecular weight is 204 g/mol. The molecule has 0 unspecified atom stereocenters. The minimum absolute atomic E-state index is 0.0684. The van der Waals surface area contributed by atoms with Crippen LogP contribution in [-0.2, 0) is 10.3 Å². The van der Waals surface area contributed by atoms with Crippen molar-refractivity contribution in [3.8, 4) is 0 Å². The van der Waals surface area contributed by atoms with Gasteiger partial charge in [-0.25, -0.2) is 0 Å². The molecule has 1 aliphatic rings. The summed E-state index contributed by atoms with van der Waals surface area (Å²) in [6, 6.07) is 10.2. The van der Waals surface area contributed by atoms with Crippen LogP contribution in [-0.4, -0.2) is 19.5 Å². The molecule has 0 bridgehead atoms. The van der Waals surface area contributed by atoms with Crippen LogP contribution in [0, 0.1) is 0 Å². The Morgan fingerprint density at radius 1 is 1.33 bits per heavy atom. The van der Waals surface area contributed by atoms with Gasteiger partial charge in [-0.05, 0) is 25.5 Å². The molecular formula is C12H16N2O. The molecule has 0 saturated heterocycles. The van der Waals surface area contributed by atoms with Crippen molar-refractivity contribution in [2.45, 2.75) is 18.4 Å². The highest BCUT2D eigenvalue weighted by Gasteiger charge is 2.45. The predicted molar refractivity (Wildman–Crippen MR) is 59.4 cm³/mol. The summed E-state index contributed by atoms with van der Waals surface area (Å²) in [6.45, 7) is 0.384. The number of nitrogens with one attached hydrogen (secondary N) is 2. The molecule has 1 aromatic carbocycles. The summed E-state index contributed by atoms with van der Waals surface area (Å²) in [5.74, 6) is 0.0684. The van der Waals surface area contributed by atoms with E-state index in [1.165, 1.54) is 5.56 Å². The third-order valence-electron chi connectivity index (χ3n) is 2.79. The van der Waals surface area contributed by atoms with E-state index in [1.54, 1.807) is 7.05 Å². The lowest BCUT2D eigenvalue weighted by Gasteiger charge is -2.17. The second-order valence-corrected chi connectivity index (χ2v) is 4.03. The lowest BCUT2D eigenvalue weighted by molar-refractivity contribution is -0.121. The molecule has 1 amide bonds. The maximum atomic E-state index is 11.5. The van der Waals surface area contributed by atoms with Gasteiger partial charge in [0.15, 0.2) is 0 Å². The molecular weight excluding hydrogens is 188 g/mol. The number of rotatable bonds is 4. The largest absolute Gasteiger partial charge is 0.345 e. The van der Waals surface area contributed by atoms with Gasteiger partial charge in [0.25, 0.3) is 0 Å². The molecule has 1 aromatic rings. The molecule has 0 aliphatic heterocycles. The van der Waals surface area contributed by atoms with Crippen molar-refractivity contribution in [3.63, 3.8) is 0 Å². The Balaban J connectivity index is 2.05. The van der Waals surface area contributed by atoms with Crippen molar-refractivity contribution in [2.24, 2.45) is 0 Å². The molecule has 0 atom stereocenters. The number of amides is 1. The molecule has 3 heteroatoms. The maximum Gasteiger partial charge on any atom is 0.234 e. The van der Waals surface area contributed by atoms with E-state index in [4.69, 9.17) is 0 Å². The van der Waals surface area contributed by atoms with E-state index in [1.807, 2.05) is 18.2 Å². The van der Waals surface area contributed by atoms with Gasteiger partial charge in [0.2, 0.25) is 5.91 Å². The van der Waals surface area contributed by atoms with E-state index >= 15 is 0 Å². The quantitative estimate of drug-likeness (QED) is 0.768. The SMILES string of the molecule is CNCC(=O)NC1(c2ccccc2)CC1. The Labute approximate surface area is 89.9 Å². The van der Waals surface area contributed by atoms with Gasteiger partial charge < -0.3 is 10.6 Å². The maximum absolute atomic E-state index is 11.5. The smallest absolute Gasteiger partial charge is 0.234 e. The Bertz CT molecular complexity index is 344. The highest BCUT2D eigenvalue weighted by molar-refractivity contribution is 5.79. The second kappa shape index (κ2) is 4.03. The Morgan fingerprint density at radius 2 is 2.00 bits per heavy atom. The first kappa shape index (κ1) is 10.2. The van der Waals surface area contributed by atoms with Crippen LogP contribution >= 0.6 is 0 Å². The van der Waals surface area contributed by atoms with Crippen LogP contribution in [0.2, 0.25) is 0 Å². The predicted octanol–water partition coefficient (Wildman–Crippen LogP) is 1.01. The van der Waals surface area contributed by atoms with E-state index in [9.17, 15) is 4.79 Å². The first-order chi connectivity index (χ1) is 7.27. The monoisotopic (exact) mass is 204 g/mol. The van der Waals surface area contributed by atoms with E-state index in [-0.39, 0.29) is 11.4 Å². The van der Waals surface area contributed by atoms with Crippen molar-refractivity contribution in [3.05, 3.63) is 35.9 Å². The fourth-order valence-electron chi connectivity index (χ4n) is 1.84. The molecule has 3 nitrogen and oxygen atoms in total. The zero-order valence-corrected chi connectivity index (χ0v) is 8.92. The van der Waals surface area contributed by atoms with Crippen LogP contribution in [0.4, 0.5) is 0 Å². The number of carbonyl (C=O) groups is 1. The van der Waals surface area contributed by atoms with Crippen molar-refractivity contribution in [1.29, 1.82) is 0 Å². The number of carbonyl (C=O) groups excluding carboxylic acids is 1. The topological polar surface area (TPSA) is 41.1 Å². The molecule has 2 N–H and O–H groups in total. The first-order valence-corrected chi connectivity index (χ1v) is 5.28. The van der Waals surface area contributed by atoms with Crippen LogP contribution in [0.5, 0.6) is 0 Å². The van der Waals surface area contributed by atoms with Gasteiger partial charge in [-0.2, -0.15) is 0 Å². The first-order valence-electron chi connectivity index (χ1n) is 5.28. The fraction of sp³-hybridized carbons (Fsp3) is 0.417. The van der Waals surface area contributed by atoms with Gasteiger partial charge in [-0.15, -0.1) is 0 Å². The van der Waals surface area contributed by atoms with E-state index in [0.717, 1.165) is 12.8 Å². The highest BCUT2D eigenvalue weighted by Crippen LogP contribution is 2.45. The second-order valence-electron chi connectivity index (χ2n) is 4.03. The third-order valence-corrected chi connectivity index (χ3v) is 2.79. The number of hydrogen-bond donors (Lipinski definition) is 2. The van der Waals surface area contributed by atoms with Crippen molar-refractivity contribution in [1.82, 2.24) is 10.6 Å². The number of likely N-dealkylation sites (N-methyl/N-ethyl adjacent to an activating group) is 1. The molecule has 0 heterocycles. The van der Waals surface area contributed by atoms with Crippen LogP contribution in [0.3, 0.4) is 0 Å². The Morgan fingerprint density at radius 3 is 2.53 bits per heavy atom. The molecule has 15 heavy (non-hydrogen) atoms. The van der Waals surface area contributed by atoms with E-state index in [0.29, 0.717) is 6.54 Å². The zero-order chi connectivity index (χ0) is 10.7. The van der Waals surface area contributed by atoms with Crippen molar-refractivity contribution >= 4 is 5.91 Å². The summed E-state index contributed by atoms with van der Waals surface area (Å²) in [5, 5.41) is 5.94. The van der Waals surface area contributed by atoms with Crippen molar-refractivity contribution < 1.29 is 4.79 Å². The molecule has 0 aromatic heterocycles. The van der Waals surface area contributed by atoms with Gasteiger partial charge in [-0.3, -0.25) is 4.79 Å². The van der Waals surface area contributed by atoms with Gasteiger partial charge >= 0.3 is 0 Å². The summed E-state index contributed by atoms with van der Waals surface area (Å²) >= 11 is 0. The van der Waals surface area contributed by atoms with Gasteiger partial charge in [0.1, 0.15) is 0 Å². The van der Waals surface area contributed by atoms with Crippen LogP contribution in [0.25, 0.3) is 0 Å². The summed E-state index contributed by atoms with van der Waals surface area (Å²) < 4.78 is 0. The molecule has 1 fully saturated rings. The third kappa shape index (κ3) is 2.18. The van der Waals surface area contributed by atoms with E-state index in [2.05, 4.69) is 22.8 Å². The van der Waals surface area contributed by atoms with Crippen molar-refractivity contribution in [2.75, 3.05) is 13.6 Å². The fourth-order valence-corrected chi connectivity index (χ4v) is 1.84. The summed E-state index contributed by atoms with van der Waals surface area (Å²) in [6.07, 6.45) is 2.10. The zero-order valence-electron chi connectivity index (χ0n) is 8.92. The normalized spacial score (nSPS) is 17.1. The lowest BCUT2D eigenvalue weighted by atomic mass is 10.1. The highest BCUT2D eigenvalue weighted by atomic mass is 16.2. The van der Waals surface area contributed by atoms with Crippen LogP contribution in [0.1, 0.15) is 18.4 Å². The van der Waals surface area contributed by atoms with Gasteiger partial charge in [0, 0.05) is 0 Å². The average Bonchev–Trinajstić information content (AvgIpc) is 3.01. The number of hydrogen-bond acceptors (Lipinski definition) is 2. The molecule has 1 saturated carbocycles. The van der Waals surface area contributed by atoms with Crippen LogP contribution in [0.15, 0.2) is 30.3 Å². The van der Waals surface area contributed by atoms with E-state index < -0.39 is 0 Å². The van der Waals surface area contributed by atoms with Crippen LogP contribution < -0.4 is 10.6 Å². The molecule has 2 rings (SSSR count). The molecule has 1 aliphatic carbocycles.